The zero-order valence-corrected chi connectivity index (χ0v) is 10.0. The van der Waals surface area contributed by atoms with Gasteiger partial charge in [0.05, 0.1) is 6.20 Å². The Morgan fingerprint density at radius 3 is 2.94 bits per heavy atom. The van der Waals surface area contributed by atoms with Crippen molar-refractivity contribution in [2.75, 3.05) is 26.7 Å². The number of nitrogens with one attached hydrogen (secondary N) is 1. The predicted octanol–water partition coefficient (Wildman–Crippen LogP) is 1.65. The Labute approximate surface area is 96.7 Å². The van der Waals surface area contributed by atoms with Crippen LogP contribution in [0.2, 0.25) is 0 Å². The Balaban J connectivity index is 2.28. The highest BCUT2D eigenvalue weighted by Crippen LogP contribution is 2.06. The van der Waals surface area contributed by atoms with Crippen LogP contribution >= 0.6 is 0 Å². The van der Waals surface area contributed by atoms with Crippen LogP contribution in [0.5, 0.6) is 0 Å². The lowest BCUT2D eigenvalue weighted by Gasteiger charge is -2.17. The average molecular weight is 225 g/mol. The van der Waals surface area contributed by atoms with Crippen LogP contribution in [0.1, 0.15) is 18.9 Å². The number of nitrogens with zero attached hydrogens (tertiary/aromatic N) is 2. The first-order chi connectivity index (χ1) is 7.74. The molecule has 0 saturated heterocycles. The molecule has 1 aromatic rings. The molecule has 0 aliphatic carbocycles. The molecule has 0 aromatic carbocycles. The third-order valence-electron chi connectivity index (χ3n) is 2.39. The molecule has 0 fully saturated rings. The van der Waals surface area contributed by atoms with E-state index in [0.29, 0.717) is 12.1 Å². The highest BCUT2D eigenvalue weighted by atomic mass is 19.1. The lowest BCUT2D eigenvalue weighted by Crippen LogP contribution is -2.29. The van der Waals surface area contributed by atoms with E-state index in [1.165, 1.54) is 6.20 Å². The first-order valence-corrected chi connectivity index (χ1v) is 5.71. The standard InChI is InChI=1S/C12H20FN3/c1-3-5-14-7-8-16(2)10-11-4-6-15-9-12(11)13/h4,6,9,14H,3,5,7-8,10H2,1-2H3. The Bertz CT molecular complexity index is 304. The minimum absolute atomic E-state index is 0.226. The number of halogens is 1. The van der Waals surface area contributed by atoms with E-state index < -0.39 is 0 Å². The number of pyridine rings is 1. The van der Waals surface area contributed by atoms with Crippen molar-refractivity contribution in [2.45, 2.75) is 19.9 Å². The van der Waals surface area contributed by atoms with Crippen molar-refractivity contribution < 1.29 is 4.39 Å². The Kier molecular flexibility index (Phi) is 5.96. The van der Waals surface area contributed by atoms with Gasteiger partial charge in [-0.15, -0.1) is 0 Å². The van der Waals surface area contributed by atoms with Gasteiger partial charge in [-0.05, 0) is 26.1 Å². The number of rotatable bonds is 7. The molecule has 0 radical (unpaired) electrons. The summed E-state index contributed by atoms with van der Waals surface area (Å²) < 4.78 is 13.3. The quantitative estimate of drug-likeness (QED) is 0.715. The zero-order chi connectivity index (χ0) is 11.8. The van der Waals surface area contributed by atoms with Gasteiger partial charge in [0.1, 0.15) is 5.82 Å². The highest BCUT2D eigenvalue weighted by Gasteiger charge is 2.04. The van der Waals surface area contributed by atoms with E-state index in [-0.39, 0.29) is 5.82 Å². The van der Waals surface area contributed by atoms with Crippen molar-refractivity contribution in [2.24, 2.45) is 0 Å². The van der Waals surface area contributed by atoms with Crippen molar-refractivity contribution in [1.82, 2.24) is 15.2 Å². The van der Waals surface area contributed by atoms with E-state index in [1.807, 2.05) is 7.05 Å². The summed E-state index contributed by atoms with van der Waals surface area (Å²) in [5.41, 5.74) is 0.702. The van der Waals surface area contributed by atoms with Crippen molar-refractivity contribution in [3.8, 4) is 0 Å². The maximum atomic E-state index is 13.3. The normalized spacial score (nSPS) is 11.0. The fourth-order valence-corrected chi connectivity index (χ4v) is 1.47. The molecule has 0 amide bonds. The van der Waals surface area contributed by atoms with E-state index in [1.54, 1.807) is 12.3 Å². The van der Waals surface area contributed by atoms with Crippen LogP contribution in [0.3, 0.4) is 0 Å². The lowest BCUT2D eigenvalue weighted by atomic mass is 10.2. The molecule has 1 N–H and O–H groups in total. The molecule has 0 atom stereocenters. The summed E-state index contributed by atoms with van der Waals surface area (Å²) in [4.78, 5) is 5.83. The maximum absolute atomic E-state index is 13.3. The Morgan fingerprint density at radius 1 is 1.44 bits per heavy atom. The van der Waals surface area contributed by atoms with E-state index in [0.717, 1.165) is 26.1 Å². The summed E-state index contributed by atoms with van der Waals surface area (Å²) in [6.45, 7) is 5.67. The number of hydrogen-bond donors (Lipinski definition) is 1. The molecule has 1 rings (SSSR count). The molecular formula is C12H20FN3. The summed E-state index contributed by atoms with van der Waals surface area (Å²) in [5, 5.41) is 3.32. The van der Waals surface area contributed by atoms with Gasteiger partial charge in [-0.3, -0.25) is 4.98 Å². The molecule has 4 heteroatoms. The van der Waals surface area contributed by atoms with Crippen LogP contribution in [0.25, 0.3) is 0 Å². The summed E-state index contributed by atoms with van der Waals surface area (Å²) >= 11 is 0. The molecule has 0 aliphatic rings. The molecule has 0 bridgehead atoms. The predicted molar refractivity (Wildman–Crippen MR) is 63.7 cm³/mol. The molecule has 0 saturated carbocycles. The molecule has 0 spiro atoms. The second kappa shape index (κ2) is 7.30. The summed E-state index contributed by atoms with van der Waals surface area (Å²) in [6.07, 6.45) is 4.03. The maximum Gasteiger partial charge on any atom is 0.145 e. The van der Waals surface area contributed by atoms with Crippen LogP contribution in [-0.2, 0) is 6.54 Å². The van der Waals surface area contributed by atoms with Gasteiger partial charge < -0.3 is 10.2 Å². The van der Waals surface area contributed by atoms with Gasteiger partial charge in [0.15, 0.2) is 0 Å². The van der Waals surface area contributed by atoms with E-state index in [9.17, 15) is 4.39 Å². The first-order valence-electron chi connectivity index (χ1n) is 5.71. The average Bonchev–Trinajstić information content (AvgIpc) is 2.28. The minimum atomic E-state index is -0.226. The first kappa shape index (κ1) is 13.1. The molecule has 16 heavy (non-hydrogen) atoms. The van der Waals surface area contributed by atoms with Crippen molar-refractivity contribution in [1.29, 1.82) is 0 Å². The fraction of sp³-hybridized carbons (Fsp3) is 0.583. The van der Waals surface area contributed by atoms with Gasteiger partial charge in [0, 0.05) is 31.4 Å². The Morgan fingerprint density at radius 2 is 2.25 bits per heavy atom. The second-order valence-corrected chi connectivity index (χ2v) is 3.95. The summed E-state index contributed by atoms with van der Waals surface area (Å²) in [5.74, 6) is -0.226. The van der Waals surface area contributed by atoms with E-state index >= 15 is 0 Å². The van der Waals surface area contributed by atoms with Gasteiger partial charge in [0.25, 0.3) is 0 Å². The minimum Gasteiger partial charge on any atom is -0.315 e. The molecule has 3 nitrogen and oxygen atoms in total. The van der Waals surface area contributed by atoms with Crippen molar-refractivity contribution >= 4 is 0 Å². The molecular weight excluding hydrogens is 205 g/mol. The van der Waals surface area contributed by atoms with Gasteiger partial charge in [-0.1, -0.05) is 6.92 Å². The van der Waals surface area contributed by atoms with Gasteiger partial charge >= 0.3 is 0 Å². The van der Waals surface area contributed by atoms with Gasteiger partial charge in [0.2, 0.25) is 0 Å². The highest BCUT2D eigenvalue weighted by molar-refractivity contribution is 5.12. The molecule has 1 aromatic heterocycles. The van der Waals surface area contributed by atoms with E-state index in [4.69, 9.17) is 0 Å². The molecule has 0 aliphatic heterocycles. The van der Waals surface area contributed by atoms with Crippen LogP contribution in [0.4, 0.5) is 4.39 Å². The van der Waals surface area contributed by atoms with Gasteiger partial charge in [-0.2, -0.15) is 0 Å². The smallest absolute Gasteiger partial charge is 0.145 e. The monoisotopic (exact) mass is 225 g/mol. The fourth-order valence-electron chi connectivity index (χ4n) is 1.47. The van der Waals surface area contributed by atoms with E-state index in [2.05, 4.69) is 22.1 Å². The van der Waals surface area contributed by atoms with Crippen molar-refractivity contribution in [3.63, 3.8) is 0 Å². The zero-order valence-electron chi connectivity index (χ0n) is 10.0. The Hall–Kier alpha value is -1.00. The summed E-state index contributed by atoms with van der Waals surface area (Å²) in [7, 11) is 1.99. The van der Waals surface area contributed by atoms with Crippen LogP contribution in [0, 0.1) is 5.82 Å². The summed E-state index contributed by atoms with van der Waals surface area (Å²) in [6, 6.07) is 1.73. The van der Waals surface area contributed by atoms with Crippen LogP contribution in [-0.4, -0.2) is 36.6 Å². The SMILES string of the molecule is CCCNCCN(C)Cc1ccncc1F. The molecule has 1 heterocycles. The topological polar surface area (TPSA) is 28.2 Å². The largest absolute Gasteiger partial charge is 0.315 e. The lowest BCUT2D eigenvalue weighted by molar-refractivity contribution is 0.319. The van der Waals surface area contributed by atoms with Gasteiger partial charge in [-0.25, -0.2) is 4.39 Å². The third-order valence-corrected chi connectivity index (χ3v) is 2.39. The number of likely N-dealkylation sites (N-methyl/N-ethyl adjacent to an activating group) is 1. The second-order valence-electron chi connectivity index (χ2n) is 3.95. The third kappa shape index (κ3) is 4.68. The number of hydrogen-bond acceptors (Lipinski definition) is 3. The van der Waals surface area contributed by atoms with Crippen LogP contribution < -0.4 is 5.32 Å². The number of aromatic nitrogens is 1. The van der Waals surface area contributed by atoms with Crippen molar-refractivity contribution in [3.05, 3.63) is 29.8 Å². The van der Waals surface area contributed by atoms with Crippen LogP contribution in [0.15, 0.2) is 18.5 Å². The molecule has 0 unspecified atom stereocenters. The molecule has 90 valence electrons.